The number of nitrogens with two attached hydrogens (primary N) is 1. The summed E-state index contributed by atoms with van der Waals surface area (Å²) < 4.78 is 18.6. The van der Waals surface area contributed by atoms with Crippen molar-refractivity contribution in [2.75, 3.05) is 13.7 Å². The van der Waals surface area contributed by atoms with Crippen molar-refractivity contribution in [3.05, 3.63) is 29.6 Å². The van der Waals surface area contributed by atoms with Crippen molar-refractivity contribution in [2.45, 2.75) is 25.9 Å². The summed E-state index contributed by atoms with van der Waals surface area (Å²) in [5, 5.41) is 0. The Balaban J connectivity index is 2.30. The monoisotopic (exact) mass is 251 g/mol. The normalized spacial score (nSPS) is 19.3. The van der Waals surface area contributed by atoms with Gasteiger partial charge < -0.3 is 15.4 Å². The second-order valence-corrected chi connectivity index (χ2v) is 4.61. The lowest BCUT2D eigenvalue weighted by Gasteiger charge is -2.30. The minimum absolute atomic E-state index is 0.00501. The van der Waals surface area contributed by atoms with E-state index in [-0.39, 0.29) is 23.7 Å². The van der Waals surface area contributed by atoms with Crippen molar-refractivity contribution < 1.29 is 9.13 Å². The minimum atomic E-state index is -0.357. The number of benzene rings is 1. The number of methoxy groups -OCH3 is 1. The van der Waals surface area contributed by atoms with Gasteiger partial charge in [-0.05, 0) is 31.5 Å². The molecule has 0 bridgehead atoms. The Morgan fingerprint density at radius 2 is 2.22 bits per heavy atom. The van der Waals surface area contributed by atoms with Crippen LogP contribution in [0.4, 0.5) is 4.39 Å². The summed E-state index contributed by atoms with van der Waals surface area (Å²) in [6.45, 7) is 4.65. The molecular formula is C13H18FN3O. The van der Waals surface area contributed by atoms with Crippen molar-refractivity contribution in [1.29, 1.82) is 0 Å². The highest BCUT2D eigenvalue weighted by molar-refractivity contribution is 5.80. The first-order valence-electron chi connectivity index (χ1n) is 5.96. The largest absolute Gasteiger partial charge is 0.494 e. The molecule has 0 spiro atoms. The van der Waals surface area contributed by atoms with Crippen LogP contribution >= 0.6 is 0 Å². The van der Waals surface area contributed by atoms with E-state index < -0.39 is 0 Å². The highest BCUT2D eigenvalue weighted by Crippen LogP contribution is 2.30. The molecule has 0 saturated heterocycles. The van der Waals surface area contributed by atoms with E-state index in [9.17, 15) is 4.39 Å². The number of hydrogen-bond donors (Lipinski definition) is 1. The predicted octanol–water partition coefficient (Wildman–Crippen LogP) is 1.91. The lowest BCUT2D eigenvalue weighted by atomic mass is 10.0. The standard InChI is InChI=1S/C13H18FN3O/c1-8(2)17-11(7-16-13(17)15)9-4-5-12(18-3)10(14)6-9/h4-6,8,11H,7H2,1-3H3,(H2,15,16). The van der Waals surface area contributed by atoms with E-state index in [0.717, 1.165) is 5.56 Å². The molecule has 1 aliphatic heterocycles. The van der Waals surface area contributed by atoms with Crippen LogP contribution in [-0.2, 0) is 0 Å². The molecule has 2 rings (SSSR count). The zero-order chi connectivity index (χ0) is 13.3. The predicted molar refractivity (Wildman–Crippen MR) is 69.2 cm³/mol. The van der Waals surface area contributed by atoms with E-state index in [1.165, 1.54) is 13.2 Å². The van der Waals surface area contributed by atoms with Crippen LogP contribution < -0.4 is 10.5 Å². The zero-order valence-corrected chi connectivity index (χ0v) is 10.9. The van der Waals surface area contributed by atoms with E-state index in [2.05, 4.69) is 4.99 Å². The van der Waals surface area contributed by atoms with Crippen LogP contribution in [0.2, 0.25) is 0 Å². The van der Waals surface area contributed by atoms with Crippen molar-refractivity contribution >= 4 is 5.96 Å². The average molecular weight is 251 g/mol. The SMILES string of the molecule is COc1ccc(C2CN=C(N)N2C(C)C)cc1F. The summed E-state index contributed by atoms with van der Waals surface area (Å²) in [7, 11) is 1.45. The molecule has 0 fully saturated rings. The number of ether oxygens (including phenoxy) is 1. The Hall–Kier alpha value is -1.78. The van der Waals surface area contributed by atoms with Gasteiger partial charge in [0.05, 0.1) is 19.7 Å². The fraction of sp³-hybridized carbons (Fsp3) is 0.462. The molecule has 0 aliphatic carbocycles. The van der Waals surface area contributed by atoms with Crippen LogP contribution in [-0.4, -0.2) is 30.6 Å². The van der Waals surface area contributed by atoms with Gasteiger partial charge in [0.2, 0.25) is 0 Å². The molecule has 1 aromatic rings. The second kappa shape index (κ2) is 4.84. The van der Waals surface area contributed by atoms with Gasteiger partial charge in [0, 0.05) is 6.04 Å². The zero-order valence-electron chi connectivity index (χ0n) is 10.9. The topological polar surface area (TPSA) is 50.9 Å². The van der Waals surface area contributed by atoms with Gasteiger partial charge in [-0.2, -0.15) is 0 Å². The van der Waals surface area contributed by atoms with Gasteiger partial charge in [-0.25, -0.2) is 4.39 Å². The summed E-state index contributed by atoms with van der Waals surface area (Å²) in [4.78, 5) is 6.24. The number of aliphatic imine (C=N–C) groups is 1. The van der Waals surface area contributed by atoms with E-state index in [1.54, 1.807) is 6.07 Å². The lowest BCUT2D eigenvalue weighted by Crippen LogP contribution is -2.40. The molecule has 0 radical (unpaired) electrons. The van der Waals surface area contributed by atoms with Crippen molar-refractivity contribution in [2.24, 2.45) is 10.7 Å². The van der Waals surface area contributed by atoms with Crippen molar-refractivity contribution in [3.8, 4) is 5.75 Å². The quantitative estimate of drug-likeness (QED) is 0.892. The molecular weight excluding hydrogens is 233 g/mol. The summed E-state index contributed by atoms with van der Waals surface area (Å²) in [5.74, 6) is 0.414. The molecule has 5 heteroatoms. The molecule has 0 aromatic heterocycles. The Morgan fingerprint density at radius 3 is 2.78 bits per heavy atom. The van der Waals surface area contributed by atoms with Crippen LogP contribution in [0.1, 0.15) is 25.5 Å². The van der Waals surface area contributed by atoms with Gasteiger partial charge in [-0.3, -0.25) is 4.99 Å². The number of hydrogen-bond acceptors (Lipinski definition) is 4. The summed E-state index contributed by atoms with van der Waals surface area (Å²) in [6, 6.07) is 5.22. The average Bonchev–Trinajstić information content (AvgIpc) is 2.71. The highest BCUT2D eigenvalue weighted by atomic mass is 19.1. The summed E-state index contributed by atoms with van der Waals surface area (Å²) in [6.07, 6.45) is 0. The molecule has 0 saturated carbocycles. The van der Waals surface area contributed by atoms with Crippen LogP contribution in [0.3, 0.4) is 0 Å². The molecule has 2 N–H and O–H groups in total. The van der Waals surface area contributed by atoms with Crippen LogP contribution in [0, 0.1) is 5.82 Å². The first-order valence-corrected chi connectivity index (χ1v) is 5.96. The van der Waals surface area contributed by atoms with E-state index in [0.29, 0.717) is 12.5 Å². The summed E-state index contributed by atoms with van der Waals surface area (Å²) in [5.41, 5.74) is 6.73. The lowest BCUT2D eigenvalue weighted by molar-refractivity contribution is 0.289. The first kappa shape index (κ1) is 12.7. The van der Waals surface area contributed by atoms with E-state index in [1.807, 2.05) is 24.8 Å². The van der Waals surface area contributed by atoms with E-state index >= 15 is 0 Å². The smallest absolute Gasteiger partial charge is 0.192 e. The molecule has 1 aliphatic rings. The number of nitrogens with zero attached hydrogens (tertiary/aromatic N) is 2. The summed E-state index contributed by atoms with van der Waals surface area (Å²) >= 11 is 0. The van der Waals surface area contributed by atoms with Gasteiger partial charge in [0.15, 0.2) is 17.5 Å². The van der Waals surface area contributed by atoms with Gasteiger partial charge in [-0.1, -0.05) is 6.07 Å². The molecule has 1 aromatic carbocycles. The van der Waals surface area contributed by atoms with E-state index in [4.69, 9.17) is 10.5 Å². The molecule has 0 amide bonds. The van der Waals surface area contributed by atoms with Crippen LogP contribution in [0.5, 0.6) is 5.75 Å². The number of guanidine groups is 1. The fourth-order valence-electron chi connectivity index (χ4n) is 2.29. The maximum Gasteiger partial charge on any atom is 0.192 e. The third-order valence-electron chi connectivity index (χ3n) is 3.14. The van der Waals surface area contributed by atoms with Crippen molar-refractivity contribution in [3.63, 3.8) is 0 Å². The number of rotatable bonds is 3. The molecule has 4 nitrogen and oxygen atoms in total. The Morgan fingerprint density at radius 1 is 1.50 bits per heavy atom. The van der Waals surface area contributed by atoms with Crippen LogP contribution in [0.15, 0.2) is 23.2 Å². The minimum Gasteiger partial charge on any atom is -0.494 e. The Bertz CT molecular complexity index is 473. The van der Waals surface area contributed by atoms with Gasteiger partial charge in [0.25, 0.3) is 0 Å². The van der Waals surface area contributed by atoms with Crippen molar-refractivity contribution in [1.82, 2.24) is 4.90 Å². The van der Waals surface area contributed by atoms with Gasteiger partial charge in [-0.15, -0.1) is 0 Å². The maximum absolute atomic E-state index is 13.7. The maximum atomic E-state index is 13.7. The Kier molecular flexibility index (Phi) is 3.41. The molecule has 18 heavy (non-hydrogen) atoms. The second-order valence-electron chi connectivity index (χ2n) is 4.61. The Labute approximate surface area is 106 Å². The third kappa shape index (κ3) is 2.12. The third-order valence-corrected chi connectivity index (χ3v) is 3.14. The molecule has 1 unspecified atom stereocenters. The fourth-order valence-corrected chi connectivity index (χ4v) is 2.29. The molecule has 1 atom stereocenters. The first-order chi connectivity index (χ1) is 8.54. The van der Waals surface area contributed by atoms with Gasteiger partial charge in [0.1, 0.15) is 0 Å². The highest BCUT2D eigenvalue weighted by Gasteiger charge is 2.29. The molecule has 1 heterocycles. The number of halogens is 1. The van der Waals surface area contributed by atoms with Crippen LogP contribution in [0.25, 0.3) is 0 Å². The molecule has 98 valence electrons. The van der Waals surface area contributed by atoms with Gasteiger partial charge >= 0.3 is 0 Å².